The highest BCUT2D eigenvalue weighted by Crippen LogP contribution is 2.22. The third-order valence-corrected chi connectivity index (χ3v) is 7.53. The summed E-state index contributed by atoms with van der Waals surface area (Å²) in [5.74, 6) is 1.51. The second-order valence-corrected chi connectivity index (χ2v) is 16.4. The Hall–Kier alpha value is -2.85. The van der Waals surface area contributed by atoms with Crippen molar-refractivity contribution in [2.24, 2.45) is 5.73 Å². The summed E-state index contributed by atoms with van der Waals surface area (Å²) in [6, 6.07) is 15.7. The van der Waals surface area contributed by atoms with Crippen LogP contribution in [0.25, 0.3) is 0 Å². The van der Waals surface area contributed by atoms with Crippen molar-refractivity contribution in [2.45, 2.75) is 78.6 Å². The molecule has 2 aromatic rings. The molecular formula is C38H58I2N4O6. The minimum Gasteiger partial charge on any atom is -0.487 e. The molecule has 0 saturated heterocycles. The van der Waals surface area contributed by atoms with Gasteiger partial charge in [0.1, 0.15) is 28.3 Å². The number of carbonyl (C=O) groups excluding carboxylic acids is 3. The second kappa shape index (κ2) is 22.9. The topological polar surface area (TPSA) is 115 Å². The fourth-order valence-electron chi connectivity index (χ4n) is 3.50. The SMILES string of the molecule is CC(C)(CN)Oc1ccc(I)cc1.CC/C=C/C(=O)N(C)C.CN(C)C(=O)/C=C/CN(CC(C)(C)Oc1ccc(I)cc1)C(=O)OC(C)(C)C. The molecule has 0 fully saturated rings. The minimum absolute atomic E-state index is 0.0526. The van der Waals surface area contributed by atoms with E-state index < -0.39 is 17.3 Å². The van der Waals surface area contributed by atoms with Gasteiger partial charge in [0.25, 0.3) is 0 Å². The number of rotatable bonds is 12. The van der Waals surface area contributed by atoms with Gasteiger partial charge in [0.2, 0.25) is 11.8 Å². The molecule has 0 spiro atoms. The molecule has 0 aromatic heterocycles. The molecule has 3 amide bonds. The monoisotopic (exact) mass is 920 g/mol. The van der Waals surface area contributed by atoms with Gasteiger partial charge in [0.15, 0.2) is 0 Å². The number of nitrogens with zero attached hydrogens (tertiary/aromatic N) is 3. The Kier molecular flexibility index (Phi) is 21.6. The fourth-order valence-corrected chi connectivity index (χ4v) is 4.22. The van der Waals surface area contributed by atoms with E-state index in [1.807, 2.05) is 110 Å². The molecule has 2 aromatic carbocycles. The molecule has 2 rings (SSSR count). The summed E-state index contributed by atoms with van der Waals surface area (Å²) >= 11 is 4.50. The molecule has 280 valence electrons. The van der Waals surface area contributed by atoms with Gasteiger partial charge < -0.3 is 34.6 Å². The van der Waals surface area contributed by atoms with Crippen molar-refractivity contribution >= 4 is 63.1 Å². The predicted molar refractivity (Wildman–Crippen MR) is 221 cm³/mol. The van der Waals surface area contributed by atoms with E-state index >= 15 is 0 Å². The Labute approximate surface area is 328 Å². The lowest BCUT2D eigenvalue weighted by Gasteiger charge is -2.34. The minimum atomic E-state index is -0.650. The number of ether oxygens (including phenoxy) is 3. The quantitative estimate of drug-likeness (QED) is 0.171. The van der Waals surface area contributed by atoms with Crippen molar-refractivity contribution < 1.29 is 28.6 Å². The lowest BCUT2D eigenvalue weighted by Crippen LogP contribution is -2.47. The largest absolute Gasteiger partial charge is 0.487 e. The van der Waals surface area contributed by atoms with Crippen molar-refractivity contribution in [3.8, 4) is 11.5 Å². The van der Waals surface area contributed by atoms with E-state index in [0.29, 0.717) is 13.1 Å². The summed E-state index contributed by atoms with van der Waals surface area (Å²) in [6.45, 7) is 16.3. The van der Waals surface area contributed by atoms with Gasteiger partial charge in [-0.05, 0) is 155 Å². The van der Waals surface area contributed by atoms with Crippen LogP contribution < -0.4 is 15.2 Å². The molecule has 50 heavy (non-hydrogen) atoms. The maximum atomic E-state index is 12.7. The van der Waals surface area contributed by atoms with Crippen LogP contribution in [0.5, 0.6) is 11.5 Å². The van der Waals surface area contributed by atoms with E-state index in [-0.39, 0.29) is 24.0 Å². The fraction of sp³-hybridized carbons (Fsp3) is 0.500. The van der Waals surface area contributed by atoms with E-state index in [4.69, 9.17) is 19.9 Å². The maximum absolute atomic E-state index is 12.7. The second-order valence-electron chi connectivity index (χ2n) is 13.9. The number of halogens is 2. The summed E-state index contributed by atoms with van der Waals surface area (Å²) in [6.07, 6.45) is 7.01. The maximum Gasteiger partial charge on any atom is 0.410 e. The Morgan fingerprint density at radius 2 is 1.10 bits per heavy atom. The number of amides is 3. The number of hydrogen-bond acceptors (Lipinski definition) is 7. The molecule has 0 aliphatic carbocycles. The Morgan fingerprint density at radius 1 is 0.700 bits per heavy atom. The normalized spacial score (nSPS) is 11.5. The van der Waals surface area contributed by atoms with Crippen molar-refractivity contribution in [1.82, 2.24) is 14.7 Å². The first-order valence-electron chi connectivity index (χ1n) is 16.3. The highest BCUT2D eigenvalue weighted by Gasteiger charge is 2.29. The predicted octanol–water partition coefficient (Wildman–Crippen LogP) is 7.78. The standard InChI is InChI=1S/C21H31IN2O4.C10H14INO.C7H13NO/c1-20(2,3)28-19(26)24(14-8-9-18(25)23(6)7)15-21(4,5)27-17-12-10-16(22)11-13-17;1-10(2,7-12)13-9-5-3-8(11)4-6-9;1-4-5-6-7(9)8(2)3/h8-13H,14-15H2,1-7H3;3-6H,7,12H2,1-2H3;5-6H,4H2,1-3H3/b9-8+;;6-5+. The van der Waals surface area contributed by atoms with Crippen LogP contribution in [-0.2, 0) is 14.3 Å². The molecule has 0 aliphatic rings. The Balaban J connectivity index is 0.000000891. The van der Waals surface area contributed by atoms with Crippen molar-refractivity contribution in [3.63, 3.8) is 0 Å². The molecule has 2 N–H and O–H groups in total. The van der Waals surface area contributed by atoms with E-state index in [2.05, 4.69) is 45.2 Å². The van der Waals surface area contributed by atoms with Crippen LogP contribution in [0.15, 0.2) is 72.8 Å². The van der Waals surface area contributed by atoms with E-state index in [0.717, 1.165) is 21.5 Å². The third kappa shape index (κ3) is 22.8. The molecule has 0 bridgehead atoms. The number of allylic oxidation sites excluding steroid dienone is 1. The van der Waals surface area contributed by atoms with Crippen molar-refractivity contribution in [2.75, 3.05) is 47.8 Å². The zero-order valence-electron chi connectivity index (χ0n) is 31.9. The molecule has 0 atom stereocenters. The highest BCUT2D eigenvalue weighted by molar-refractivity contribution is 14.1. The van der Waals surface area contributed by atoms with Gasteiger partial charge >= 0.3 is 6.09 Å². The zero-order chi connectivity index (χ0) is 38.7. The zero-order valence-corrected chi connectivity index (χ0v) is 36.2. The van der Waals surface area contributed by atoms with Crippen LogP contribution >= 0.6 is 45.2 Å². The average Bonchev–Trinajstić information content (AvgIpc) is 3.01. The smallest absolute Gasteiger partial charge is 0.410 e. The van der Waals surface area contributed by atoms with Crippen molar-refractivity contribution in [3.05, 3.63) is 80.0 Å². The molecule has 0 heterocycles. The summed E-state index contributed by atoms with van der Waals surface area (Å²) < 4.78 is 19.6. The first kappa shape index (κ1) is 47.1. The van der Waals surface area contributed by atoms with E-state index in [1.54, 1.807) is 45.2 Å². The van der Waals surface area contributed by atoms with Gasteiger partial charge in [-0.2, -0.15) is 0 Å². The van der Waals surface area contributed by atoms with Crippen LogP contribution in [0, 0.1) is 7.14 Å². The van der Waals surface area contributed by atoms with Gasteiger partial charge in [-0.25, -0.2) is 4.79 Å². The molecule has 10 nitrogen and oxygen atoms in total. The number of nitrogens with two attached hydrogens (primary N) is 1. The van der Waals surface area contributed by atoms with Crippen LogP contribution in [0.1, 0.15) is 61.8 Å². The van der Waals surface area contributed by atoms with E-state index in [9.17, 15) is 14.4 Å². The summed E-state index contributed by atoms with van der Waals surface area (Å²) in [7, 11) is 6.83. The first-order valence-corrected chi connectivity index (χ1v) is 18.5. The molecular weight excluding hydrogens is 862 g/mol. The van der Waals surface area contributed by atoms with Crippen LogP contribution in [0.3, 0.4) is 0 Å². The number of likely N-dealkylation sites (N-methyl/N-ethyl adjacent to an activating group) is 2. The van der Waals surface area contributed by atoms with E-state index in [1.165, 1.54) is 19.4 Å². The first-order chi connectivity index (χ1) is 23.0. The van der Waals surface area contributed by atoms with Gasteiger partial charge in [-0.15, -0.1) is 0 Å². The number of hydrogen-bond donors (Lipinski definition) is 1. The summed E-state index contributed by atoms with van der Waals surface area (Å²) in [5.41, 5.74) is 4.01. The Bertz CT molecular complexity index is 1370. The van der Waals surface area contributed by atoms with Crippen LogP contribution in [0.2, 0.25) is 0 Å². The van der Waals surface area contributed by atoms with Crippen molar-refractivity contribution in [1.29, 1.82) is 0 Å². The van der Waals surface area contributed by atoms with Gasteiger partial charge in [-0.3, -0.25) is 9.59 Å². The third-order valence-electron chi connectivity index (χ3n) is 6.09. The molecule has 0 saturated carbocycles. The lowest BCUT2D eigenvalue weighted by atomic mass is 10.1. The van der Waals surface area contributed by atoms with Gasteiger partial charge in [-0.1, -0.05) is 19.1 Å². The molecule has 0 aliphatic heterocycles. The average molecular weight is 921 g/mol. The van der Waals surface area contributed by atoms with Crippen LogP contribution in [0.4, 0.5) is 4.79 Å². The van der Waals surface area contributed by atoms with Gasteiger partial charge in [0, 0.05) is 54.5 Å². The van der Waals surface area contributed by atoms with Crippen LogP contribution in [-0.4, -0.2) is 97.2 Å². The molecule has 0 radical (unpaired) electrons. The van der Waals surface area contributed by atoms with Gasteiger partial charge in [0.05, 0.1) is 6.54 Å². The lowest BCUT2D eigenvalue weighted by molar-refractivity contribution is -0.124. The highest BCUT2D eigenvalue weighted by atomic mass is 127. The summed E-state index contributed by atoms with van der Waals surface area (Å²) in [5, 5.41) is 0. The number of carbonyl (C=O) groups is 3. The molecule has 12 heteroatoms. The molecule has 0 unspecified atom stereocenters. The number of benzene rings is 2. The summed E-state index contributed by atoms with van der Waals surface area (Å²) in [4.78, 5) is 39.7. The Morgan fingerprint density at radius 3 is 1.46 bits per heavy atom.